The zero-order chi connectivity index (χ0) is 22.2. The minimum absolute atomic E-state index is 0.0357. The highest BCUT2D eigenvalue weighted by Gasteiger charge is 2.47. The third-order valence-corrected chi connectivity index (χ3v) is 6.69. The zero-order valence-corrected chi connectivity index (χ0v) is 18.5. The highest BCUT2D eigenvalue weighted by molar-refractivity contribution is 5.94. The van der Waals surface area contributed by atoms with Crippen LogP contribution >= 0.6 is 0 Å². The second kappa shape index (κ2) is 8.39. The Morgan fingerprint density at radius 2 is 2.06 bits per heavy atom. The van der Waals surface area contributed by atoms with Gasteiger partial charge < -0.3 is 15.3 Å². The minimum Gasteiger partial charge on any atom is -0.394 e. The Bertz CT molecular complexity index is 1110. The number of anilines is 2. The number of hydrogen-bond donors (Lipinski definition) is 2. The summed E-state index contributed by atoms with van der Waals surface area (Å²) in [6.45, 7) is 4.43. The normalized spacial score (nSPS) is 22.5. The molecule has 1 aliphatic heterocycles. The maximum absolute atomic E-state index is 12.8. The molecule has 1 aromatic carbocycles. The van der Waals surface area contributed by atoms with Crippen molar-refractivity contribution in [3.05, 3.63) is 60.6 Å². The van der Waals surface area contributed by atoms with Gasteiger partial charge in [-0.15, -0.1) is 0 Å². The number of nitrogens with one attached hydrogen (secondary N) is 1. The molecule has 7 nitrogen and oxygen atoms in total. The molecule has 0 bridgehead atoms. The van der Waals surface area contributed by atoms with E-state index in [1.807, 2.05) is 35.5 Å². The lowest BCUT2D eigenvalue weighted by atomic mass is 9.79. The molecule has 1 aliphatic carbocycles. The lowest BCUT2D eigenvalue weighted by Crippen LogP contribution is -2.51. The first-order valence-electron chi connectivity index (χ1n) is 11.3. The molecule has 2 aliphatic rings. The Morgan fingerprint density at radius 3 is 2.75 bits per heavy atom. The van der Waals surface area contributed by atoms with Crippen LogP contribution in [0.2, 0.25) is 0 Å². The van der Waals surface area contributed by atoms with E-state index in [1.165, 1.54) is 12.8 Å². The standard InChI is InChI=1S/C25H29N5O2/c1-16-24(28-23-5-3-4-10-26-23)21-13-19(20-14-27-29(15-20)11-12-31)8-9-22(21)30(17(2)32)25(16)18-6-7-18/h3-5,8-10,13-16,18,24-25,31H,6-7,11-12H2,1-2H3,(H,26,28)/t16-,24-,25-/m1/s1. The molecule has 0 spiro atoms. The fraction of sp³-hybridized carbons (Fsp3) is 0.400. The number of carbonyl (C=O) groups is 1. The second-order valence-corrected chi connectivity index (χ2v) is 8.90. The quantitative estimate of drug-likeness (QED) is 0.619. The molecule has 3 aromatic rings. The van der Waals surface area contributed by atoms with Gasteiger partial charge >= 0.3 is 0 Å². The van der Waals surface area contributed by atoms with E-state index in [0.717, 1.165) is 28.2 Å². The predicted octanol–water partition coefficient (Wildman–Crippen LogP) is 3.87. The molecule has 0 saturated heterocycles. The highest BCUT2D eigenvalue weighted by Crippen LogP contribution is 2.50. The summed E-state index contributed by atoms with van der Waals surface area (Å²) in [5.41, 5.74) is 4.11. The first kappa shape index (κ1) is 20.7. The smallest absolute Gasteiger partial charge is 0.224 e. The van der Waals surface area contributed by atoms with Crippen molar-refractivity contribution in [2.45, 2.75) is 45.3 Å². The van der Waals surface area contributed by atoms with Crippen LogP contribution in [-0.4, -0.2) is 38.4 Å². The summed E-state index contributed by atoms with van der Waals surface area (Å²) in [7, 11) is 0. The number of aromatic nitrogens is 3. The van der Waals surface area contributed by atoms with Gasteiger partial charge in [0.25, 0.3) is 0 Å². The zero-order valence-electron chi connectivity index (χ0n) is 18.5. The van der Waals surface area contributed by atoms with Crippen LogP contribution in [0.1, 0.15) is 38.3 Å². The van der Waals surface area contributed by atoms with Gasteiger partial charge in [-0.25, -0.2) is 4.98 Å². The predicted molar refractivity (Wildman–Crippen MR) is 124 cm³/mol. The number of aliphatic hydroxyl groups is 1. The topological polar surface area (TPSA) is 83.3 Å². The molecule has 32 heavy (non-hydrogen) atoms. The fourth-order valence-corrected chi connectivity index (χ4v) is 5.09. The minimum atomic E-state index is 0.0357. The van der Waals surface area contributed by atoms with Gasteiger partial charge in [0.05, 0.1) is 25.4 Å². The van der Waals surface area contributed by atoms with Crippen LogP contribution in [0.3, 0.4) is 0 Å². The number of benzene rings is 1. The van der Waals surface area contributed by atoms with E-state index >= 15 is 0 Å². The third-order valence-electron chi connectivity index (χ3n) is 6.69. The lowest BCUT2D eigenvalue weighted by Gasteiger charge is -2.46. The first-order valence-corrected chi connectivity index (χ1v) is 11.3. The number of hydrogen-bond acceptors (Lipinski definition) is 5. The highest BCUT2D eigenvalue weighted by atomic mass is 16.3. The maximum Gasteiger partial charge on any atom is 0.224 e. The molecule has 0 radical (unpaired) electrons. The summed E-state index contributed by atoms with van der Waals surface area (Å²) < 4.78 is 1.74. The Balaban J connectivity index is 1.60. The average molecular weight is 432 g/mol. The van der Waals surface area contributed by atoms with E-state index < -0.39 is 0 Å². The first-order chi connectivity index (χ1) is 15.6. The number of pyridine rings is 1. The molecule has 1 saturated carbocycles. The van der Waals surface area contributed by atoms with Gasteiger partial charge in [0, 0.05) is 42.5 Å². The van der Waals surface area contributed by atoms with Gasteiger partial charge in [-0.3, -0.25) is 9.48 Å². The van der Waals surface area contributed by atoms with Crippen molar-refractivity contribution in [2.24, 2.45) is 11.8 Å². The molecule has 3 heterocycles. The number of rotatable bonds is 6. The Morgan fingerprint density at radius 1 is 1.22 bits per heavy atom. The maximum atomic E-state index is 12.8. The van der Waals surface area contributed by atoms with E-state index in [4.69, 9.17) is 0 Å². The Hall–Kier alpha value is -3.19. The van der Waals surface area contributed by atoms with Crippen molar-refractivity contribution in [3.63, 3.8) is 0 Å². The number of fused-ring (bicyclic) bond motifs is 1. The molecule has 3 atom stereocenters. The summed E-state index contributed by atoms with van der Waals surface area (Å²) >= 11 is 0. The van der Waals surface area contributed by atoms with E-state index in [9.17, 15) is 9.90 Å². The largest absolute Gasteiger partial charge is 0.394 e. The van der Waals surface area contributed by atoms with Crippen LogP contribution in [0.5, 0.6) is 0 Å². The van der Waals surface area contributed by atoms with Gasteiger partial charge in [0.2, 0.25) is 5.91 Å². The van der Waals surface area contributed by atoms with Gasteiger partial charge in [-0.2, -0.15) is 5.10 Å². The molecule has 7 heteroatoms. The summed E-state index contributed by atoms with van der Waals surface area (Å²) in [4.78, 5) is 19.3. The third kappa shape index (κ3) is 3.77. The van der Waals surface area contributed by atoms with E-state index in [2.05, 4.69) is 40.5 Å². The lowest BCUT2D eigenvalue weighted by molar-refractivity contribution is -0.117. The van der Waals surface area contributed by atoms with Crippen molar-refractivity contribution >= 4 is 17.4 Å². The van der Waals surface area contributed by atoms with Crippen LogP contribution < -0.4 is 10.2 Å². The van der Waals surface area contributed by atoms with Crippen LogP contribution in [-0.2, 0) is 11.3 Å². The monoisotopic (exact) mass is 431 g/mol. The van der Waals surface area contributed by atoms with Crippen LogP contribution in [0.25, 0.3) is 11.1 Å². The number of amides is 1. The second-order valence-electron chi connectivity index (χ2n) is 8.90. The SMILES string of the molecule is CC(=O)N1c2ccc(-c3cnn(CCO)c3)cc2[C@H](Nc2ccccn2)[C@@H](C)[C@@H]1C1CC1. The van der Waals surface area contributed by atoms with Crippen LogP contribution in [0.15, 0.2) is 55.0 Å². The summed E-state index contributed by atoms with van der Waals surface area (Å²) in [6, 6.07) is 12.4. The molecule has 5 rings (SSSR count). The van der Waals surface area contributed by atoms with Crippen LogP contribution in [0, 0.1) is 11.8 Å². The molecular formula is C25H29N5O2. The van der Waals surface area contributed by atoms with Crippen molar-refractivity contribution in [2.75, 3.05) is 16.8 Å². The summed E-state index contributed by atoms with van der Waals surface area (Å²) in [6.07, 6.45) is 7.91. The Kier molecular flexibility index (Phi) is 5.43. The molecular weight excluding hydrogens is 402 g/mol. The van der Waals surface area contributed by atoms with Gasteiger partial charge in [0.1, 0.15) is 5.82 Å². The molecule has 2 N–H and O–H groups in total. The molecule has 2 aromatic heterocycles. The van der Waals surface area contributed by atoms with E-state index in [1.54, 1.807) is 17.8 Å². The summed E-state index contributed by atoms with van der Waals surface area (Å²) in [5.74, 6) is 1.71. The van der Waals surface area contributed by atoms with Crippen molar-refractivity contribution in [1.82, 2.24) is 14.8 Å². The number of carbonyl (C=O) groups excluding carboxylic acids is 1. The van der Waals surface area contributed by atoms with E-state index in [0.29, 0.717) is 12.5 Å². The molecule has 1 amide bonds. The average Bonchev–Trinajstić information content (AvgIpc) is 3.53. The van der Waals surface area contributed by atoms with Crippen molar-refractivity contribution < 1.29 is 9.90 Å². The molecule has 166 valence electrons. The van der Waals surface area contributed by atoms with Crippen LogP contribution in [0.4, 0.5) is 11.5 Å². The fourth-order valence-electron chi connectivity index (χ4n) is 5.09. The van der Waals surface area contributed by atoms with E-state index in [-0.39, 0.29) is 30.5 Å². The molecule has 1 fully saturated rings. The van der Waals surface area contributed by atoms with Gasteiger partial charge in [-0.1, -0.05) is 19.1 Å². The molecule has 0 unspecified atom stereocenters. The summed E-state index contributed by atoms with van der Waals surface area (Å²) in [5, 5.41) is 17.2. The van der Waals surface area contributed by atoms with Gasteiger partial charge in [-0.05, 0) is 54.2 Å². The van der Waals surface area contributed by atoms with Crippen molar-refractivity contribution in [1.29, 1.82) is 0 Å². The number of aliphatic hydroxyl groups excluding tert-OH is 1. The van der Waals surface area contributed by atoms with Crippen molar-refractivity contribution in [3.8, 4) is 11.1 Å². The van der Waals surface area contributed by atoms with Gasteiger partial charge in [0.15, 0.2) is 0 Å². The Labute approximate surface area is 188 Å². The number of nitrogens with zero attached hydrogens (tertiary/aromatic N) is 4.